The Morgan fingerprint density at radius 1 is 1.17 bits per heavy atom. The molecule has 1 atom stereocenters. The zero-order chi connectivity index (χ0) is 19.6. The van der Waals surface area contributed by atoms with Crippen LogP contribution in [0.3, 0.4) is 0 Å². The second kappa shape index (κ2) is 7.94. The number of aromatic nitrogens is 2. The van der Waals surface area contributed by atoms with Crippen LogP contribution in [-0.2, 0) is 16.1 Å². The summed E-state index contributed by atoms with van der Waals surface area (Å²) in [5.74, 6) is 2.46. The van der Waals surface area contributed by atoms with E-state index in [1.54, 1.807) is 24.7 Å². The van der Waals surface area contributed by atoms with Crippen molar-refractivity contribution in [1.29, 1.82) is 0 Å². The highest BCUT2D eigenvalue weighted by atomic mass is 32.1. The second-order valence-corrected chi connectivity index (χ2v) is 7.77. The highest BCUT2D eigenvalue weighted by Gasteiger charge is 2.28. The molecule has 1 unspecified atom stereocenters. The van der Waals surface area contributed by atoms with Crippen LogP contribution in [0.2, 0.25) is 0 Å². The number of furan rings is 1. The zero-order valence-corrected chi connectivity index (χ0v) is 16.9. The number of nitrogens with zero attached hydrogens (tertiary/aromatic N) is 3. The van der Waals surface area contributed by atoms with Gasteiger partial charge in [-0.2, -0.15) is 0 Å². The third-order valence-corrected chi connectivity index (χ3v) is 5.92. The van der Waals surface area contributed by atoms with Gasteiger partial charge in [0, 0.05) is 24.6 Å². The van der Waals surface area contributed by atoms with E-state index in [-0.39, 0.29) is 6.10 Å². The van der Waals surface area contributed by atoms with Crippen molar-refractivity contribution in [2.24, 2.45) is 0 Å². The normalized spacial score (nSPS) is 17.1. The summed E-state index contributed by atoms with van der Waals surface area (Å²) in [5, 5.41) is 3.25. The van der Waals surface area contributed by atoms with Crippen LogP contribution in [0, 0.1) is 0 Å². The predicted octanol–water partition coefficient (Wildman–Crippen LogP) is 4.68. The lowest BCUT2D eigenvalue weighted by Crippen LogP contribution is -2.39. The van der Waals surface area contributed by atoms with E-state index >= 15 is 0 Å². The van der Waals surface area contributed by atoms with Crippen molar-refractivity contribution in [3.63, 3.8) is 0 Å². The number of morpholine rings is 1. The third kappa shape index (κ3) is 3.53. The molecule has 3 aromatic heterocycles. The molecule has 4 heterocycles. The Bertz CT molecular complexity index is 1100. The fourth-order valence-corrected chi connectivity index (χ4v) is 4.67. The summed E-state index contributed by atoms with van der Waals surface area (Å²) >= 11 is 1.64. The number of fused-ring (bicyclic) bond motifs is 1. The van der Waals surface area contributed by atoms with E-state index < -0.39 is 0 Å². The first-order valence-electron chi connectivity index (χ1n) is 9.56. The van der Waals surface area contributed by atoms with Gasteiger partial charge >= 0.3 is 0 Å². The van der Waals surface area contributed by atoms with E-state index in [9.17, 15) is 0 Å². The van der Waals surface area contributed by atoms with Gasteiger partial charge in [-0.1, -0.05) is 30.3 Å². The van der Waals surface area contributed by atoms with Gasteiger partial charge in [-0.25, -0.2) is 9.97 Å². The van der Waals surface area contributed by atoms with Gasteiger partial charge in [-0.05, 0) is 17.7 Å². The summed E-state index contributed by atoms with van der Waals surface area (Å²) in [6.07, 6.45) is 1.57. The van der Waals surface area contributed by atoms with Crippen LogP contribution in [0.4, 0.5) is 5.82 Å². The van der Waals surface area contributed by atoms with E-state index in [4.69, 9.17) is 23.9 Å². The Morgan fingerprint density at radius 3 is 2.86 bits per heavy atom. The van der Waals surface area contributed by atoms with Gasteiger partial charge < -0.3 is 18.8 Å². The summed E-state index contributed by atoms with van der Waals surface area (Å²) in [7, 11) is 1.67. The molecule has 1 fully saturated rings. The third-order valence-electron chi connectivity index (χ3n) is 5.05. The average Bonchev–Trinajstić information content (AvgIpc) is 3.44. The lowest BCUT2D eigenvalue weighted by molar-refractivity contribution is 0.0255. The molecule has 148 valence electrons. The number of rotatable bonds is 5. The Hall–Kier alpha value is -2.74. The summed E-state index contributed by atoms with van der Waals surface area (Å²) < 4.78 is 16.9. The minimum Gasteiger partial charge on any atom is -0.467 e. The topological polar surface area (TPSA) is 60.6 Å². The van der Waals surface area contributed by atoms with Crippen LogP contribution in [0.25, 0.3) is 21.3 Å². The van der Waals surface area contributed by atoms with E-state index in [1.165, 1.54) is 5.56 Å². The molecule has 1 aromatic carbocycles. The second-order valence-electron chi connectivity index (χ2n) is 6.91. The monoisotopic (exact) mass is 407 g/mol. The number of methoxy groups -OCH3 is 1. The van der Waals surface area contributed by atoms with Crippen molar-refractivity contribution in [2.75, 3.05) is 31.7 Å². The first-order valence-corrected chi connectivity index (χ1v) is 10.4. The molecule has 0 N–H and O–H groups in total. The van der Waals surface area contributed by atoms with Crippen molar-refractivity contribution in [3.8, 4) is 11.1 Å². The number of hydrogen-bond acceptors (Lipinski definition) is 7. The van der Waals surface area contributed by atoms with E-state index in [0.29, 0.717) is 25.6 Å². The Kier molecular flexibility index (Phi) is 5.01. The van der Waals surface area contributed by atoms with E-state index in [1.807, 2.05) is 18.2 Å². The molecule has 0 radical (unpaired) electrons. The van der Waals surface area contributed by atoms with Gasteiger partial charge in [0.25, 0.3) is 0 Å². The minimum absolute atomic E-state index is 0.117. The van der Waals surface area contributed by atoms with Crippen molar-refractivity contribution in [1.82, 2.24) is 9.97 Å². The molecular weight excluding hydrogens is 386 g/mol. The van der Waals surface area contributed by atoms with Crippen molar-refractivity contribution in [2.45, 2.75) is 12.7 Å². The first kappa shape index (κ1) is 18.3. The quantitative estimate of drug-likeness (QED) is 0.479. The molecule has 1 saturated heterocycles. The largest absolute Gasteiger partial charge is 0.467 e. The van der Waals surface area contributed by atoms with Crippen LogP contribution < -0.4 is 4.90 Å². The summed E-state index contributed by atoms with van der Waals surface area (Å²) in [6.45, 7) is 2.44. The van der Waals surface area contributed by atoms with E-state index in [0.717, 1.165) is 33.9 Å². The molecule has 0 aliphatic carbocycles. The van der Waals surface area contributed by atoms with Crippen LogP contribution >= 0.6 is 11.3 Å². The van der Waals surface area contributed by atoms with Crippen LogP contribution in [0.15, 0.2) is 58.5 Å². The maximum atomic E-state index is 5.96. The number of ether oxygens (including phenoxy) is 2. The van der Waals surface area contributed by atoms with Gasteiger partial charge in [0.15, 0.2) is 5.82 Å². The van der Waals surface area contributed by atoms with Gasteiger partial charge in [-0.3, -0.25) is 0 Å². The fourth-order valence-electron chi connectivity index (χ4n) is 3.71. The minimum atomic E-state index is -0.117. The van der Waals surface area contributed by atoms with Crippen LogP contribution in [0.5, 0.6) is 0 Å². The molecule has 6 nitrogen and oxygen atoms in total. The van der Waals surface area contributed by atoms with E-state index in [2.05, 4.69) is 34.5 Å². The maximum absolute atomic E-state index is 5.96. The Balaban J connectivity index is 1.61. The Morgan fingerprint density at radius 2 is 2.07 bits per heavy atom. The number of hydrogen-bond donors (Lipinski definition) is 0. The number of thiophene rings is 1. The number of anilines is 1. The smallest absolute Gasteiger partial charge is 0.158 e. The standard InChI is InChI=1S/C22H21N3O3S/c1-26-13-19-23-21(25-9-11-28-18(12-25)17-8-5-10-27-17)20-16(14-29-22(20)24-19)15-6-3-2-4-7-15/h2-8,10,14,18H,9,11-13H2,1H3. The first-order chi connectivity index (χ1) is 14.3. The van der Waals surface area contributed by atoms with Gasteiger partial charge in [0.1, 0.15) is 29.1 Å². The van der Waals surface area contributed by atoms with Crippen molar-refractivity contribution >= 4 is 27.4 Å². The van der Waals surface area contributed by atoms with Crippen LogP contribution in [0.1, 0.15) is 17.7 Å². The lowest BCUT2D eigenvalue weighted by Gasteiger charge is -2.33. The summed E-state index contributed by atoms with van der Waals surface area (Å²) in [6, 6.07) is 14.2. The molecule has 0 saturated carbocycles. The number of benzene rings is 1. The van der Waals surface area contributed by atoms with Crippen molar-refractivity contribution < 1.29 is 13.9 Å². The van der Waals surface area contributed by atoms with Crippen LogP contribution in [-0.4, -0.2) is 36.8 Å². The molecule has 4 aromatic rings. The zero-order valence-electron chi connectivity index (χ0n) is 16.1. The molecule has 29 heavy (non-hydrogen) atoms. The molecule has 1 aliphatic heterocycles. The molecule has 0 bridgehead atoms. The Labute approximate surface area is 172 Å². The predicted molar refractivity (Wildman–Crippen MR) is 113 cm³/mol. The SMILES string of the molecule is COCc1nc(N2CCOC(c3ccco3)C2)c2c(-c3ccccc3)csc2n1. The highest BCUT2D eigenvalue weighted by Crippen LogP contribution is 2.39. The summed E-state index contributed by atoms with van der Waals surface area (Å²) in [4.78, 5) is 12.9. The summed E-state index contributed by atoms with van der Waals surface area (Å²) in [5.41, 5.74) is 2.32. The fraction of sp³-hybridized carbons (Fsp3) is 0.273. The molecule has 0 spiro atoms. The van der Waals surface area contributed by atoms with Gasteiger partial charge in [0.05, 0.1) is 24.8 Å². The van der Waals surface area contributed by atoms with Crippen molar-refractivity contribution in [3.05, 3.63) is 65.7 Å². The molecule has 0 amide bonds. The average molecular weight is 407 g/mol. The molecule has 7 heteroatoms. The van der Waals surface area contributed by atoms with Gasteiger partial charge in [0.2, 0.25) is 0 Å². The van der Waals surface area contributed by atoms with Gasteiger partial charge in [-0.15, -0.1) is 11.3 Å². The molecular formula is C22H21N3O3S. The maximum Gasteiger partial charge on any atom is 0.158 e. The molecule has 1 aliphatic rings. The molecule has 5 rings (SSSR count). The highest BCUT2D eigenvalue weighted by molar-refractivity contribution is 7.17. The lowest BCUT2D eigenvalue weighted by atomic mass is 10.1.